The zero-order valence-electron chi connectivity index (χ0n) is 10.6. The summed E-state index contributed by atoms with van der Waals surface area (Å²) < 4.78 is 5.54. The van der Waals surface area contributed by atoms with Crippen LogP contribution >= 0.6 is 11.6 Å². The minimum Gasteiger partial charge on any atom is -0.463 e. The van der Waals surface area contributed by atoms with E-state index in [0.717, 1.165) is 23.3 Å². The summed E-state index contributed by atoms with van der Waals surface area (Å²) in [6.45, 7) is 4.01. The second-order valence-electron chi connectivity index (χ2n) is 4.47. The van der Waals surface area contributed by atoms with Crippen LogP contribution in [-0.2, 0) is 12.8 Å². The molecule has 0 bridgehead atoms. The van der Waals surface area contributed by atoms with Crippen LogP contribution in [0.4, 0.5) is 0 Å². The van der Waals surface area contributed by atoms with E-state index in [1.807, 2.05) is 44.2 Å². The van der Waals surface area contributed by atoms with Gasteiger partial charge in [-0.3, -0.25) is 0 Å². The van der Waals surface area contributed by atoms with Crippen molar-refractivity contribution in [3.63, 3.8) is 0 Å². The molecule has 2 nitrogen and oxygen atoms in total. The van der Waals surface area contributed by atoms with Crippen molar-refractivity contribution in [1.82, 2.24) is 0 Å². The Hall–Kier alpha value is -1.25. The van der Waals surface area contributed by atoms with Crippen molar-refractivity contribution in [3.8, 4) is 0 Å². The third-order valence-corrected chi connectivity index (χ3v) is 3.33. The van der Waals surface area contributed by atoms with Crippen LogP contribution in [0, 0.1) is 6.92 Å². The van der Waals surface area contributed by atoms with E-state index in [2.05, 4.69) is 0 Å². The fourth-order valence-electron chi connectivity index (χ4n) is 1.89. The highest BCUT2D eigenvalue weighted by atomic mass is 35.5. The molecule has 0 saturated carbocycles. The lowest BCUT2D eigenvalue weighted by molar-refractivity contribution is 0.148. The van der Waals surface area contributed by atoms with Crippen molar-refractivity contribution >= 4 is 11.6 Å². The van der Waals surface area contributed by atoms with Crippen LogP contribution in [0.25, 0.3) is 0 Å². The second kappa shape index (κ2) is 5.59. The van der Waals surface area contributed by atoms with Gasteiger partial charge in [-0.2, -0.15) is 0 Å². The Kier molecular flexibility index (Phi) is 4.10. The van der Waals surface area contributed by atoms with Gasteiger partial charge in [-0.15, -0.1) is 0 Å². The van der Waals surface area contributed by atoms with E-state index in [9.17, 15) is 5.11 Å². The highest BCUT2D eigenvalue weighted by Gasteiger charge is 2.14. The van der Waals surface area contributed by atoms with Gasteiger partial charge in [0.15, 0.2) is 0 Å². The molecule has 1 aromatic heterocycles. The summed E-state index contributed by atoms with van der Waals surface area (Å²) in [4.78, 5) is 0. The largest absolute Gasteiger partial charge is 0.463 e. The Morgan fingerprint density at radius 1 is 1.28 bits per heavy atom. The summed E-state index contributed by atoms with van der Waals surface area (Å²) in [5.74, 6) is 1.49. The molecule has 1 unspecified atom stereocenters. The zero-order valence-corrected chi connectivity index (χ0v) is 11.4. The molecule has 1 N–H and O–H groups in total. The SMILES string of the molecule is CCc1ccc(C(O)Cc2ccc(C)cc2Cl)o1. The topological polar surface area (TPSA) is 33.4 Å². The highest BCUT2D eigenvalue weighted by molar-refractivity contribution is 6.31. The zero-order chi connectivity index (χ0) is 13.1. The maximum absolute atomic E-state index is 10.1. The number of benzene rings is 1. The van der Waals surface area contributed by atoms with E-state index in [1.165, 1.54) is 0 Å². The first-order chi connectivity index (χ1) is 8.60. The summed E-state index contributed by atoms with van der Waals surface area (Å²) in [6, 6.07) is 9.57. The van der Waals surface area contributed by atoms with Crippen molar-refractivity contribution in [1.29, 1.82) is 0 Å². The molecule has 0 aliphatic rings. The number of hydrogen-bond acceptors (Lipinski definition) is 2. The molecular weight excluding hydrogens is 248 g/mol. The summed E-state index contributed by atoms with van der Waals surface area (Å²) >= 11 is 6.15. The smallest absolute Gasteiger partial charge is 0.133 e. The Balaban J connectivity index is 2.13. The molecule has 18 heavy (non-hydrogen) atoms. The summed E-state index contributed by atoms with van der Waals surface area (Å²) in [5.41, 5.74) is 2.05. The molecule has 0 aliphatic carbocycles. The van der Waals surface area contributed by atoms with E-state index in [4.69, 9.17) is 16.0 Å². The lowest BCUT2D eigenvalue weighted by atomic mass is 10.0. The van der Waals surface area contributed by atoms with Crippen LogP contribution in [0.3, 0.4) is 0 Å². The quantitative estimate of drug-likeness (QED) is 0.903. The van der Waals surface area contributed by atoms with Crippen LogP contribution < -0.4 is 0 Å². The van der Waals surface area contributed by atoms with Gasteiger partial charge in [-0.25, -0.2) is 0 Å². The van der Waals surface area contributed by atoms with Crippen molar-refractivity contribution in [3.05, 3.63) is 58.0 Å². The number of aryl methyl sites for hydroxylation is 2. The number of hydrogen-bond donors (Lipinski definition) is 1. The van der Waals surface area contributed by atoms with E-state index < -0.39 is 6.10 Å². The molecule has 0 fully saturated rings. The number of furan rings is 1. The van der Waals surface area contributed by atoms with Gasteiger partial charge in [0.1, 0.15) is 17.6 Å². The molecule has 1 atom stereocenters. The monoisotopic (exact) mass is 264 g/mol. The van der Waals surface area contributed by atoms with E-state index >= 15 is 0 Å². The molecule has 1 heterocycles. The van der Waals surface area contributed by atoms with Gasteiger partial charge in [-0.1, -0.05) is 30.7 Å². The minimum atomic E-state index is -0.648. The average molecular weight is 265 g/mol. The fourth-order valence-corrected chi connectivity index (χ4v) is 2.20. The van der Waals surface area contributed by atoms with Gasteiger partial charge in [0.05, 0.1) is 0 Å². The average Bonchev–Trinajstić information content (AvgIpc) is 2.81. The Morgan fingerprint density at radius 2 is 2.06 bits per heavy atom. The lowest BCUT2D eigenvalue weighted by Crippen LogP contribution is -2.01. The molecule has 0 radical (unpaired) electrons. The molecule has 0 saturated heterocycles. The first-order valence-corrected chi connectivity index (χ1v) is 6.49. The molecule has 2 aromatic rings. The van der Waals surface area contributed by atoms with Crippen LogP contribution in [-0.4, -0.2) is 5.11 Å². The molecular formula is C15H17ClO2. The molecule has 96 valence electrons. The predicted octanol–water partition coefficient (Wildman–Crippen LogP) is 4.08. The van der Waals surface area contributed by atoms with Gasteiger partial charge in [0.25, 0.3) is 0 Å². The van der Waals surface area contributed by atoms with Gasteiger partial charge < -0.3 is 9.52 Å². The Morgan fingerprint density at radius 3 is 2.67 bits per heavy atom. The third kappa shape index (κ3) is 2.95. The molecule has 2 rings (SSSR count). The summed E-state index contributed by atoms with van der Waals surface area (Å²) in [5, 5.41) is 10.8. The van der Waals surface area contributed by atoms with E-state index in [1.54, 1.807) is 0 Å². The first-order valence-electron chi connectivity index (χ1n) is 6.12. The Bertz CT molecular complexity index is 531. The number of rotatable bonds is 4. The lowest BCUT2D eigenvalue weighted by Gasteiger charge is -2.10. The van der Waals surface area contributed by atoms with E-state index in [0.29, 0.717) is 17.2 Å². The van der Waals surface area contributed by atoms with Gasteiger partial charge >= 0.3 is 0 Å². The third-order valence-electron chi connectivity index (χ3n) is 2.98. The van der Waals surface area contributed by atoms with Crippen molar-refractivity contribution in [2.24, 2.45) is 0 Å². The van der Waals surface area contributed by atoms with Crippen LogP contribution in [0.2, 0.25) is 5.02 Å². The molecule has 0 aliphatic heterocycles. The Labute approximate surface area is 112 Å². The van der Waals surface area contributed by atoms with Gasteiger partial charge in [-0.05, 0) is 36.2 Å². The molecule has 3 heteroatoms. The summed E-state index contributed by atoms with van der Waals surface area (Å²) in [6.07, 6.45) is 0.652. The maximum atomic E-state index is 10.1. The van der Waals surface area contributed by atoms with Crippen LogP contribution in [0.1, 0.15) is 35.7 Å². The highest BCUT2D eigenvalue weighted by Crippen LogP contribution is 2.25. The van der Waals surface area contributed by atoms with Crippen LogP contribution in [0.5, 0.6) is 0 Å². The van der Waals surface area contributed by atoms with Gasteiger partial charge in [0, 0.05) is 17.9 Å². The van der Waals surface area contributed by atoms with E-state index in [-0.39, 0.29) is 0 Å². The van der Waals surface area contributed by atoms with Crippen molar-refractivity contribution < 1.29 is 9.52 Å². The molecule has 0 spiro atoms. The second-order valence-corrected chi connectivity index (χ2v) is 4.88. The van der Waals surface area contributed by atoms with Crippen molar-refractivity contribution in [2.75, 3.05) is 0 Å². The molecule has 0 amide bonds. The minimum absolute atomic E-state index is 0.468. The normalized spacial score (nSPS) is 12.7. The number of aliphatic hydroxyl groups excluding tert-OH is 1. The first kappa shape index (κ1) is 13.2. The predicted molar refractivity (Wildman–Crippen MR) is 72.9 cm³/mol. The van der Waals surface area contributed by atoms with Crippen molar-refractivity contribution in [2.45, 2.75) is 32.8 Å². The molecule has 1 aromatic carbocycles. The summed E-state index contributed by atoms with van der Waals surface area (Å²) in [7, 11) is 0. The fraction of sp³-hybridized carbons (Fsp3) is 0.333. The number of halogens is 1. The van der Waals surface area contributed by atoms with Gasteiger partial charge in [0.2, 0.25) is 0 Å². The maximum Gasteiger partial charge on any atom is 0.133 e. The number of aliphatic hydroxyl groups is 1. The van der Waals surface area contributed by atoms with Crippen LogP contribution in [0.15, 0.2) is 34.7 Å². The standard InChI is InChI=1S/C15H17ClO2/c1-3-12-6-7-15(18-12)14(17)9-11-5-4-10(2)8-13(11)16/h4-8,14,17H,3,9H2,1-2H3.